The number of amides is 2. The fraction of sp³-hybridized carbons (Fsp3) is 0.500. The maximum atomic E-state index is 12.0. The number of hydrogen-bond donors (Lipinski definition) is 2. The molecular formula is C14H18N2O4S. The first-order valence-corrected chi connectivity index (χ1v) is 7.86. The number of carbonyl (C=O) groups is 3. The summed E-state index contributed by atoms with van der Waals surface area (Å²) in [6.45, 7) is 0.920. The molecule has 0 aromatic carbocycles. The Morgan fingerprint density at radius 1 is 1.43 bits per heavy atom. The standard InChI is InChI=1S/C14H18N2O4S/c17-12(16-7-2-3-11(16)14(19)20)4-1-6-15-13(18)10-5-8-21-9-10/h5,8-9,11H,1-4,6-7H2,(H,15,18)(H,19,20). The lowest BCUT2D eigenvalue weighted by Crippen LogP contribution is -2.40. The van der Waals surface area contributed by atoms with Gasteiger partial charge >= 0.3 is 5.97 Å². The van der Waals surface area contributed by atoms with Crippen molar-refractivity contribution < 1.29 is 19.5 Å². The highest BCUT2D eigenvalue weighted by molar-refractivity contribution is 7.08. The van der Waals surface area contributed by atoms with E-state index >= 15 is 0 Å². The van der Waals surface area contributed by atoms with Crippen molar-refractivity contribution in [3.05, 3.63) is 22.4 Å². The zero-order valence-corrected chi connectivity index (χ0v) is 12.4. The van der Waals surface area contributed by atoms with Crippen molar-refractivity contribution >= 4 is 29.1 Å². The summed E-state index contributed by atoms with van der Waals surface area (Å²) in [5, 5.41) is 15.4. The van der Waals surface area contributed by atoms with E-state index in [1.54, 1.807) is 11.4 Å². The molecule has 2 heterocycles. The summed E-state index contributed by atoms with van der Waals surface area (Å²) >= 11 is 1.45. The van der Waals surface area contributed by atoms with E-state index in [1.165, 1.54) is 16.2 Å². The van der Waals surface area contributed by atoms with Crippen LogP contribution in [0.3, 0.4) is 0 Å². The van der Waals surface area contributed by atoms with Gasteiger partial charge in [-0.05, 0) is 30.7 Å². The highest BCUT2D eigenvalue weighted by Crippen LogP contribution is 2.18. The summed E-state index contributed by atoms with van der Waals surface area (Å²) in [5.74, 6) is -1.23. The van der Waals surface area contributed by atoms with Gasteiger partial charge in [0.05, 0.1) is 0 Å². The zero-order chi connectivity index (χ0) is 15.2. The Morgan fingerprint density at radius 3 is 2.90 bits per heavy atom. The van der Waals surface area contributed by atoms with Crippen LogP contribution in [0.5, 0.6) is 0 Å². The van der Waals surface area contributed by atoms with Crippen LogP contribution in [0.2, 0.25) is 0 Å². The third-order valence-corrected chi connectivity index (χ3v) is 4.18. The van der Waals surface area contributed by atoms with E-state index < -0.39 is 12.0 Å². The minimum atomic E-state index is -0.938. The van der Waals surface area contributed by atoms with Gasteiger partial charge in [-0.3, -0.25) is 9.59 Å². The minimum Gasteiger partial charge on any atom is -0.480 e. The second-order valence-corrected chi connectivity index (χ2v) is 5.73. The van der Waals surface area contributed by atoms with Crippen LogP contribution >= 0.6 is 11.3 Å². The van der Waals surface area contributed by atoms with E-state index in [4.69, 9.17) is 5.11 Å². The quantitative estimate of drug-likeness (QED) is 0.776. The topological polar surface area (TPSA) is 86.7 Å². The van der Waals surface area contributed by atoms with E-state index in [9.17, 15) is 14.4 Å². The molecule has 0 bridgehead atoms. The first-order valence-electron chi connectivity index (χ1n) is 6.92. The van der Waals surface area contributed by atoms with Crippen molar-refractivity contribution in [2.75, 3.05) is 13.1 Å². The van der Waals surface area contributed by atoms with Crippen molar-refractivity contribution in [1.29, 1.82) is 0 Å². The lowest BCUT2D eigenvalue weighted by molar-refractivity contribution is -0.148. The summed E-state index contributed by atoms with van der Waals surface area (Å²) in [6, 6.07) is 1.06. The molecule has 114 valence electrons. The second-order valence-electron chi connectivity index (χ2n) is 4.95. The van der Waals surface area contributed by atoms with Gasteiger partial charge in [0, 0.05) is 30.5 Å². The largest absolute Gasteiger partial charge is 0.480 e. The molecule has 1 atom stereocenters. The molecule has 1 saturated heterocycles. The smallest absolute Gasteiger partial charge is 0.326 e. The Hall–Kier alpha value is -1.89. The first-order chi connectivity index (χ1) is 10.1. The van der Waals surface area contributed by atoms with Crippen LogP contribution in [0, 0.1) is 0 Å². The van der Waals surface area contributed by atoms with Crippen LogP contribution in [0.1, 0.15) is 36.0 Å². The van der Waals surface area contributed by atoms with Crippen molar-refractivity contribution in [3.63, 3.8) is 0 Å². The van der Waals surface area contributed by atoms with Crippen molar-refractivity contribution in [2.24, 2.45) is 0 Å². The fourth-order valence-corrected chi connectivity index (χ4v) is 3.04. The third-order valence-electron chi connectivity index (χ3n) is 3.49. The molecule has 2 rings (SSSR count). The Bertz CT molecular complexity index is 515. The molecule has 6 nitrogen and oxygen atoms in total. The van der Waals surface area contributed by atoms with E-state index in [1.807, 2.05) is 5.38 Å². The lowest BCUT2D eigenvalue weighted by atomic mass is 10.2. The molecule has 1 aliphatic heterocycles. The second kappa shape index (κ2) is 7.21. The molecule has 1 unspecified atom stereocenters. The van der Waals surface area contributed by atoms with E-state index in [0.29, 0.717) is 31.5 Å². The van der Waals surface area contributed by atoms with Crippen molar-refractivity contribution in [2.45, 2.75) is 31.7 Å². The van der Waals surface area contributed by atoms with Crippen LogP contribution in [0.4, 0.5) is 0 Å². The molecule has 1 aromatic rings. The number of likely N-dealkylation sites (tertiary alicyclic amines) is 1. The van der Waals surface area contributed by atoms with Crippen LogP contribution in [-0.2, 0) is 9.59 Å². The van der Waals surface area contributed by atoms with Gasteiger partial charge in [-0.15, -0.1) is 0 Å². The Kier molecular flexibility index (Phi) is 5.32. The SMILES string of the molecule is O=C(NCCCC(=O)N1CCCC1C(=O)O)c1ccsc1. The number of carboxylic acids is 1. The fourth-order valence-electron chi connectivity index (χ4n) is 2.40. The maximum absolute atomic E-state index is 12.0. The van der Waals surface area contributed by atoms with Crippen LogP contribution in [-0.4, -0.2) is 46.9 Å². The van der Waals surface area contributed by atoms with Gasteiger partial charge < -0.3 is 15.3 Å². The van der Waals surface area contributed by atoms with Gasteiger partial charge in [-0.25, -0.2) is 4.79 Å². The molecule has 2 amide bonds. The molecule has 2 N–H and O–H groups in total. The van der Waals surface area contributed by atoms with Crippen LogP contribution < -0.4 is 5.32 Å². The number of rotatable bonds is 6. The lowest BCUT2D eigenvalue weighted by Gasteiger charge is -2.21. The van der Waals surface area contributed by atoms with Gasteiger partial charge in [0.2, 0.25) is 5.91 Å². The monoisotopic (exact) mass is 310 g/mol. The Labute approximate surface area is 126 Å². The molecule has 0 radical (unpaired) electrons. The minimum absolute atomic E-state index is 0.145. The predicted molar refractivity (Wildman–Crippen MR) is 78.3 cm³/mol. The number of nitrogens with one attached hydrogen (secondary N) is 1. The summed E-state index contributed by atoms with van der Waals surface area (Å²) < 4.78 is 0. The third kappa shape index (κ3) is 4.04. The normalized spacial score (nSPS) is 17.7. The number of thiophene rings is 1. The Morgan fingerprint density at radius 2 is 2.24 bits per heavy atom. The summed E-state index contributed by atoms with van der Waals surface area (Å²) in [5.41, 5.74) is 0.622. The van der Waals surface area contributed by atoms with Gasteiger partial charge in [0.25, 0.3) is 5.91 Å². The molecule has 0 saturated carbocycles. The maximum Gasteiger partial charge on any atom is 0.326 e. The van der Waals surface area contributed by atoms with Gasteiger partial charge in [-0.2, -0.15) is 11.3 Å². The van der Waals surface area contributed by atoms with E-state index in [-0.39, 0.29) is 18.2 Å². The van der Waals surface area contributed by atoms with Crippen LogP contribution in [0.25, 0.3) is 0 Å². The highest BCUT2D eigenvalue weighted by Gasteiger charge is 2.33. The molecule has 21 heavy (non-hydrogen) atoms. The number of aliphatic carboxylic acids is 1. The molecule has 1 fully saturated rings. The van der Waals surface area contributed by atoms with Crippen molar-refractivity contribution in [1.82, 2.24) is 10.2 Å². The average Bonchev–Trinajstić information content (AvgIpc) is 3.12. The zero-order valence-electron chi connectivity index (χ0n) is 11.6. The van der Waals surface area contributed by atoms with E-state index in [2.05, 4.69) is 5.32 Å². The van der Waals surface area contributed by atoms with Crippen molar-refractivity contribution in [3.8, 4) is 0 Å². The summed E-state index contributed by atoms with van der Waals surface area (Å²) in [6.07, 6.45) is 2.03. The predicted octanol–water partition coefficient (Wildman–Crippen LogP) is 1.33. The summed E-state index contributed by atoms with van der Waals surface area (Å²) in [7, 11) is 0. The number of carbonyl (C=O) groups excluding carboxylic acids is 2. The number of hydrogen-bond acceptors (Lipinski definition) is 4. The molecule has 0 spiro atoms. The van der Waals surface area contributed by atoms with Gasteiger partial charge in [0.1, 0.15) is 6.04 Å². The summed E-state index contributed by atoms with van der Waals surface area (Å²) in [4.78, 5) is 36.1. The molecule has 7 heteroatoms. The highest BCUT2D eigenvalue weighted by atomic mass is 32.1. The number of carboxylic acid groups (broad SMARTS) is 1. The van der Waals surface area contributed by atoms with Gasteiger partial charge in [-0.1, -0.05) is 0 Å². The Balaban J connectivity index is 1.70. The number of nitrogens with zero attached hydrogens (tertiary/aromatic N) is 1. The molecule has 0 aliphatic carbocycles. The van der Waals surface area contributed by atoms with Gasteiger partial charge in [0.15, 0.2) is 0 Å². The molecular weight excluding hydrogens is 292 g/mol. The van der Waals surface area contributed by atoms with E-state index in [0.717, 1.165) is 6.42 Å². The van der Waals surface area contributed by atoms with Crippen LogP contribution in [0.15, 0.2) is 16.8 Å². The molecule has 1 aromatic heterocycles. The average molecular weight is 310 g/mol. The molecule has 1 aliphatic rings. The first kappa shape index (κ1) is 15.5.